The summed E-state index contributed by atoms with van der Waals surface area (Å²) in [6.45, 7) is 1.86. The quantitative estimate of drug-likeness (QED) is 0.714. The van der Waals surface area contributed by atoms with Crippen molar-refractivity contribution in [2.75, 3.05) is 0 Å². The second kappa shape index (κ2) is 4.67. The van der Waals surface area contributed by atoms with Gasteiger partial charge in [0.25, 0.3) is 0 Å². The molecule has 1 aromatic carbocycles. The predicted molar refractivity (Wildman–Crippen MR) is 70.7 cm³/mol. The van der Waals surface area contributed by atoms with E-state index in [1.54, 1.807) is 23.1 Å². The molecular weight excluding hydrogens is 257 g/mol. The van der Waals surface area contributed by atoms with E-state index >= 15 is 0 Å². The summed E-state index contributed by atoms with van der Waals surface area (Å²) in [6, 6.07) is 11.6. The lowest BCUT2D eigenvalue weighted by molar-refractivity contribution is 0.576. The van der Waals surface area contributed by atoms with Gasteiger partial charge in [-0.25, -0.2) is 9.07 Å². The number of nitrogens with zero attached hydrogens (tertiary/aromatic N) is 3. The highest BCUT2D eigenvalue weighted by molar-refractivity contribution is 5.57. The monoisotopic (exact) mass is 267 g/mol. The Balaban J connectivity index is 2.18. The number of hydrogen-bond donors (Lipinski definition) is 0. The number of rotatable bonds is 2. The highest BCUT2D eigenvalue weighted by atomic mass is 19.1. The van der Waals surface area contributed by atoms with E-state index in [1.165, 1.54) is 12.1 Å². The SMILES string of the molecule is Cc1cc(-c2ccco2)n(-c2ccc(F)c(C#N)c2)n1. The molecule has 0 N–H and O–H groups in total. The first-order chi connectivity index (χ1) is 9.69. The molecule has 0 aliphatic heterocycles. The summed E-state index contributed by atoms with van der Waals surface area (Å²) in [4.78, 5) is 0. The van der Waals surface area contributed by atoms with E-state index in [1.807, 2.05) is 25.1 Å². The first-order valence-electron chi connectivity index (χ1n) is 5.99. The zero-order chi connectivity index (χ0) is 14.1. The summed E-state index contributed by atoms with van der Waals surface area (Å²) in [7, 11) is 0. The molecule has 0 amide bonds. The largest absolute Gasteiger partial charge is 0.463 e. The molecule has 98 valence electrons. The van der Waals surface area contributed by atoms with Crippen LogP contribution >= 0.6 is 0 Å². The summed E-state index contributed by atoms with van der Waals surface area (Å²) in [5.74, 6) is 0.119. The maximum absolute atomic E-state index is 13.4. The number of hydrogen-bond acceptors (Lipinski definition) is 3. The molecule has 3 rings (SSSR count). The van der Waals surface area contributed by atoms with Gasteiger partial charge in [-0.3, -0.25) is 0 Å². The van der Waals surface area contributed by atoms with Gasteiger partial charge in [0.05, 0.1) is 23.2 Å². The van der Waals surface area contributed by atoms with Crippen LogP contribution in [0.5, 0.6) is 0 Å². The van der Waals surface area contributed by atoms with E-state index in [0.717, 1.165) is 11.4 Å². The minimum Gasteiger partial charge on any atom is -0.463 e. The Morgan fingerprint density at radius 3 is 2.85 bits per heavy atom. The number of aromatic nitrogens is 2. The molecule has 0 aliphatic rings. The zero-order valence-electron chi connectivity index (χ0n) is 10.7. The van der Waals surface area contributed by atoms with E-state index < -0.39 is 5.82 Å². The topological polar surface area (TPSA) is 54.8 Å². The van der Waals surface area contributed by atoms with Crippen molar-refractivity contribution < 1.29 is 8.81 Å². The van der Waals surface area contributed by atoms with Gasteiger partial charge in [0.1, 0.15) is 17.6 Å². The lowest BCUT2D eigenvalue weighted by Crippen LogP contribution is -2.00. The third-order valence-electron chi connectivity index (χ3n) is 2.92. The summed E-state index contributed by atoms with van der Waals surface area (Å²) in [5.41, 5.74) is 2.16. The van der Waals surface area contributed by atoms with E-state index in [0.29, 0.717) is 11.4 Å². The van der Waals surface area contributed by atoms with Crippen LogP contribution in [0.25, 0.3) is 17.1 Å². The third-order valence-corrected chi connectivity index (χ3v) is 2.92. The van der Waals surface area contributed by atoms with E-state index in [4.69, 9.17) is 9.68 Å². The fourth-order valence-corrected chi connectivity index (χ4v) is 2.03. The highest BCUT2D eigenvalue weighted by Crippen LogP contribution is 2.25. The molecule has 5 heteroatoms. The fraction of sp³-hybridized carbons (Fsp3) is 0.0667. The average Bonchev–Trinajstić information content (AvgIpc) is 3.08. The minimum absolute atomic E-state index is 0.0129. The van der Waals surface area contributed by atoms with Gasteiger partial charge in [0.15, 0.2) is 5.76 Å². The number of nitriles is 1. The van der Waals surface area contributed by atoms with Crippen LogP contribution in [0, 0.1) is 24.1 Å². The molecule has 4 nitrogen and oxygen atoms in total. The van der Waals surface area contributed by atoms with Gasteiger partial charge < -0.3 is 4.42 Å². The van der Waals surface area contributed by atoms with Crippen molar-refractivity contribution in [1.82, 2.24) is 9.78 Å². The Kier molecular flexibility index (Phi) is 2.84. The van der Waals surface area contributed by atoms with Crippen LogP contribution in [0.1, 0.15) is 11.3 Å². The second-order valence-electron chi connectivity index (χ2n) is 4.34. The molecule has 3 aromatic rings. The van der Waals surface area contributed by atoms with E-state index in [2.05, 4.69) is 5.10 Å². The van der Waals surface area contributed by atoms with Gasteiger partial charge >= 0.3 is 0 Å². The summed E-state index contributed by atoms with van der Waals surface area (Å²) in [6.07, 6.45) is 1.58. The molecule has 2 aromatic heterocycles. The smallest absolute Gasteiger partial charge is 0.152 e. The van der Waals surface area contributed by atoms with Gasteiger partial charge in [-0.15, -0.1) is 0 Å². The summed E-state index contributed by atoms with van der Waals surface area (Å²) < 4.78 is 20.4. The third kappa shape index (κ3) is 1.97. The van der Waals surface area contributed by atoms with Crippen LogP contribution in [0.4, 0.5) is 4.39 Å². The van der Waals surface area contributed by atoms with Gasteiger partial charge in [0.2, 0.25) is 0 Å². The van der Waals surface area contributed by atoms with Crippen LogP contribution in [-0.4, -0.2) is 9.78 Å². The second-order valence-corrected chi connectivity index (χ2v) is 4.34. The molecule has 0 saturated heterocycles. The number of halogens is 1. The Morgan fingerprint density at radius 1 is 1.30 bits per heavy atom. The standard InChI is InChI=1S/C15H10FN3O/c1-10-7-14(15-3-2-6-20-15)19(18-10)12-4-5-13(16)11(8-12)9-17/h2-8H,1H3. The zero-order valence-corrected chi connectivity index (χ0v) is 10.7. The average molecular weight is 267 g/mol. The van der Waals surface area contributed by atoms with Crippen molar-refractivity contribution >= 4 is 0 Å². The van der Waals surface area contributed by atoms with Crippen LogP contribution in [0.15, 0.2) is 47.1 Å². The van der Waals surface area contributed by atoms with Crippen molar-refractivity contribution in [3.8, 4) is 23.2 Å². The molecule has 20 heavy (non-hydrogen) atoms. The number of aryl methyl sites for hydroxylation is 1. The molecule has 2 heterocycles. The van der Waals surface area contributed by atoms with Gasteiger partial charge in [-0.1, -0.05) is 0 Å². The van der Waals surface area contributed by atoms with Crippen molar-refractivity contribution in [2.24, 2.45) is 0 Å². The fourth-order valence-electron chi connectivity index (χ4n) is 2.03. The first-order valence-corrected chi connectivity index (χ1v) is 5.99. The Morgan fingerprint density at radius 2 is 2.15 bits per heavy atom. The molecule has 0 atom stereocenters. The number of furan rings is 1. The number of benzene rings is 1. The van der Waals surface area contributed by atoms with Crippen molar-refractivity contribution in [2.45, 2.75) is 6.92 Å². The molecule has 0 spiro atoms. The Bertz CT molecular complexity index is 797. The van der Waals surface area contributed by atoms with Crippen molar-refractivity contribution in [1.29, 1.82) is 5.26 Å². The molecule has 0 aliphatic carbocycles. The van der Waals surface area contributed by atoms with Crippen molar-refractivity contribution in [3.05, 3.63) is 59.7 Å². The highest BCUT2D eigenvalue weighted by Gasteiger charge is 2.13. The molecular formula is C15H10FN3O. The van der Waals surface area contributed by atoms with Crippen molar-refractivity contribution in [3.63, 3.8) is 0 Å². The Labute approximate surface area is 114 Å². The maximum Gasteiger partial charge on any atom is 0.152 e. The molecule has 0 fully saturated rings. The van der Waals surface area contributed by atoms with Crippen LogP contribution in [0.2, 0.25) is 0 Å². The lowest BCUT2D eigenvalue weighted by atomic mass is 10.2. The summed E-state index contributed by atoms with van der Waals surface area (Å²) in [5, 5.41) is 13.3. The van der Waals surface area contributed by atoms with E-state index in [9.17, 15) is 4.39 Å². The molecule has 0 bridgehead atoms. The van der Waals surface area contributed by atoms with Crippen LogP contribution < -0.4 is 0 Å². The molecule has 0 radical (unpaired) electrons. The van der Waals surface area contributed by atoms with Crippen LogP contribution in [-0.2, 0) is 0 Å². The molecule has 0 saturated carbocycles. The van der Waals surface area contributed by atoms with E-state index in [-0.39, 0.29) is 5.56 Å². The van der Waals surface area contributed by atoms with Gasteiger partial charge in [-0.05, 0) is 43.3 Å². The van der Waals surface area contributed by atoms with Gasteiger partial charge in [-0.2, -0.15) is 10.4 Å². The molecule has 0 unspecified atom stereocenters. The lowest BCUT2D eigenvalue weighted by Gasteiger charge is -2.06. The Hall–Kier alpha value is -2.87. The first kappa shape index (κ1) is 12.2. The predicted octanol–water partition coefficient (Wildman–Crippen LogP) is 3.45. The van der Waals surface area contributed by atoms with Gasteiger partial charge in [0, 0.05) is 0 Å². The maximum atomic E-state index is 13.4. The normalized spacial score (nSPS) is 10.4. The summed E-state index contributed by atoms with van der Waals surface area (Å²) >= 11 is 0. The minimum atomic E-state index is -0.542. The van der Waals surface area contributed by atoms with Crippen LogP contribution in [0.3, 0.4) is 0 Å².